The molecule has 3 rings (SSSR count). The van der Waals surface area contributed by atoms with E-state index in [2.05, 4.69) is 10.3 Å². The van der Waals surface area contributed by atoms with Crippen LogP contribution in [0.15, 0.2) is 54.6 Å². The summed E-state index contributed by atoms with van der Waals surface area (Å²) in [6.45, 7) is 4.65. The SMILES string of the molecule is Cc1nc(C)c(CCNC(=O)c2cccc(-c3ccccc3)c2)s1. The number of hydrogen-bond donors (Lipinski definition) is 1. The van der Waals surface area contributed by atoms with Crippen LogP contribution < -0.4 is 5.32 Å². The number of rotatable bonds is 5. The highest BCUT2D eigenvalue weighted by molar-refractivity contribution is 7.11. The third kappa shape index (κ3) is 3.89. The lowest BCUT2D eigenvalue weighted by atomic mass is 10.0. The molecule has 24 heavy (non-hydrogen) atoms. The number of amides is 1. The van der Waals surface area contributed by atoms with Crippen molar-refractivity contribution in [2.24, 2.45) is 0 Å². The third-order valence-electron chi connectivity index (χ3n) is 3.87. The number of hydrogen-bond acceptors (Lipinski definition) is 3. The van der Waals surface area contributed by atoms with Gasteiger partial charge >= 0.3 is 0 Å². The second-order valence-electron chi connectivity index (χ2n) is 5.69. The van der Waals surface area contributed by atoms with E-state index in [9.17, 15) is 4.79 Å². The molecule has 0 atom stereocenters. The Hall–Kier alpha value is -2.46. The summed E-state index contributed by atoms with van der Waals surface area (Å²) in [5.74, 6) is -0.0355. The van der Waals surface area contributed by atoms with E-state index >= 15 is 0 Å². The summed E-state index contributed by atoms with van der Waals surface area (Å²) in [5.41, 5.74) is 3.92. The van der Waals surface area contributed by atoms with E-state index in [-0.39, 0.29) is 5.91 Å². The predicted octanol–water partition coefficient (Wildman–Crippen LogP) is 4.40. The standard InChI is InChI=1S/C20H20N2OS/c1-14-19(24-15(2)22-14)11-12-21-20(23)18-10-6-9-17(13-18)16-7-4-3-5-8-16/h3-10,13H,11-12H2,1-2H3,(H,21,23). The molecule has 0 unspecified atom stereocenters. The lowest BCUT2D eigenvalue weighted by Gasteiger charge is -2.07. The van der Waals surface area contributed by atoms with Gasteiger partial charge in [-0.1, -0.05) is 42.5 Å². The van der Waals surface area contributed by atoms with Gasteiger partial charge < -0.3 is 5.32 Å². The third-order valence-corrected chi connectivity index (χ3v) is 5.00. The lowest BCUT2D eigenvalue weighted by molar-refractivity contribution is 0.0954. The minimum atomic E-state index is -0.0355. The van der Waals surface area contributed by atoms with Crippen molar-refractivity contribution in [1.82, 2.24) is 10.3 Å². The van der Waals surface area contributed by atoms with Gasteiger partial charge in [0.15, 0.2) is 0 Å². The smallest absolute Gasteiger partial charge is 0.251 e. The monoisotopic (exact) mass is 336 g/mol. The van der Waals surface area contributed by atoms with Crippen molar-refractivity contribution in [2.75, 3.05) is 6.54 Å². The Morgan fingerprint density at radius 1 is 1.04 bits per heavy atom. The van der Waals surface area contributed by atoms with Crippen LogP contribution in [0.3, 0.4) is 0 Å². The van der Waals surface area contributed by atoms with E-state index in [0.29, 0.717) is 12.1 Å². The average molecular weight is 336 g/mol. The van der Waals surface area contributed by atoms with Crippen molar-refractivity contribution in [2.45, 2.75) is 20.3 Å². The maximum Gasteiger partial charge on any atom is 0.251 e. The quantitative estimate of drug-likeness (QED) is 0.750. The van der Waals surface area contributed by atoms with Crippen LogP contribution in [-0.4, -0.2) is 17.4 Å². The molecular weight excluding hydrogens is 316 g/mol. The lowest BCUT2D eigenvalue weighted by Crippen LogP contribution is -2.25. The van der Waals surface area contributed by atoms with E-state index in [1.807, 2.05) is 68.4 Å². The fraction of sp³-hybridized carbons (Fsp3) is 0.200. The van der Waals surface area contributed by atoms with Gasteiger partial charge in [-0.05, 0) is 37.1 Å². The van der Waals surface area contributed by atoms with Crippen molar-refractivity contribution in [3.05, 3.63) is 75.7 Å². The summed E-state index contributed by atoms with van der Waals surface area (Å²) in [7, 11) is 0. The van der Waals surface area contributed by atoms with Crippen molar-refractivity contribution in [3.63, 3.8) is 0 Å². The van der Waals surface area contributed by atoms with Gasteiger partial charge in [-0.15, -0.1) is 11.3 Å². The zero-order chi connectivity index (χ0) is 16.9. The summed E-state index contributed by atoms with van der Waals surface area (Å²) in [6.07, 6.45) is 0.821. The molecule has 0 aliphatic rings. The number of aryl methyl sites for hydroxylation is 2. The number of carbonyl (C=O) groups is 1. The summed E-state index contributed by atoms with van der Waals surface area (Å²) >= 11 is 1.70. The average Bonchev–Trinajstić information content (AvgIpc) is 2.93. The molecule has 0 bridgehead atoms. The summed E-state index contributed by atoms with van der Waals surface area (Å²) < 4.78 is 0. The molecule has 1 amide bonds. The van der Waals surface area contributed by atoms with Crippen LogP contribution in [0.5, 0.6) is 0 Å². The molecule has 0 aliphatic carbocycles. The van der Waals surface area contributed by atoms with Crippen LogP contribution in [0, 0.1) is 13.8 Å². The second-order valence-corrected chi connectivity index (χ2v) is 6.98. The number of carbonyl (C=O) groups excluding carboxylic acids is 1. The summed E-state index contributed by atoms with van der Waals surface area (Å²) in [6, 6.07) is 17.8. The van der Waals surface area contributed by atoms with Gasteiger partial charge in [0.1, 0.15) is 0 Å². The van der Waals surface area contributed by atoms with Gasteiger partial charge in [-0.2, -0.15) is 0 Å². The van der Waals surface area contributed by atoms with Gasteiger partial charge in [-0.3, -0.25) is 4.79 Å². The first-order valence-electron chi connectivity index (χ1n) is 8.00. The zero-order valence-corrected chi connectivity index (χ0v) is 14.7. The Kier molecular flexibility index (Phi) is 5.06. The molecule has 2 aromatic carbocycles. The van der Waals surface area contributed by atoms with Crippen LogP contribution >= 0.6 is 11.3 Å². The van der Waals surface area contributed by atoms with Gasteiger partial charge in [0.25, 0.3) is 5.91 Å². The molecule has 0 aliphatic heterocycles. The topological polar surface area (TPSA) is 42.0 Å². The number of thiazole rings is 1. The molecule has 1 aromatic heterocycles. The second kappa shape index (κ2) is 7.41. The molecule has 0 saturated heterocycles. The van der Waals surface area contributed by atoms with Gasteiger partial charge in [-0.25, -0.2) is 4.98 Å². The molecule has 1 heterocycles. The van der Waals surface area contributed by atoms with Crippen LogP contribution in [0.2, 0.25) is 0 Å². The normalized spacial score (nSPS) is 10.6. The fourth-order valence-corrected chi connectivity index (χ4v) is 3.60. The largest absolute Gasteiger partial charge is 0.352 e. The van der Waals surface area contributed by atoms with Crippen molar-refractivity contribution < 1.29 is 4.79 Å². The minimum absolute atomic E-state index is 0.0355. The summed E-state index contributed by atoms with van der Waals surface area (Å²) in [5, 5.41) is 4.08. The number of nitrogens with one attached hydrogen (secondary N) is 1. The Balaban J connectivity index is 1.64. The van der Waals surface area contributed by atoms with Crippen LogP contribution in [0.4, 0.5) is 0 Å². The molecule has 0 fully saturated rings. The molecule has 1 N–H and O–H groups in total. The molecular formula is C20H20N2OS. The first-order valence-corrected chi connectivity index (χ1v) is 8.82. The fourth-order valence-electron chi connectivity index (χ4n) is 2.67. The van der Waals surface area contributed by atoms with E-state index in [1.165, 1.54) is 4.88 Å². The van der Waals surface area contributed by atoms with Crippen molar-refractivity contribution in [3.8, 4) is 11.1 Å². The molecule has 3 aromatic rings. The zero-order valence-electron chi connectivity index (χ0n) is 13.9. The highest BCUT2D eigenvalue weighted by Gasteiger charge is 2.08. The molecule has 3 nitrogen and oxygen atoms in total. The van der Waals surface area contributed by atoms with Crippen LogP contribution in [-0.2, 0) is 6.42 Å². The van der Waals surface area contributed by atoms with E-state index in [4.69, 9.17) is 0 Å². The minimum Gasteiger partial charge on any atom is -0.352 e. The van der Waals surface area contributed by atoms with Gasteiger partial charge in [0, 0.05) is 23.4 Å². The first kappa shape index (κ1) is 16.4. The number of aromatic nitrogens is 1. The van der Waals surface area contributed by atoms with E-state index in [1.54, 1.807) is 11.3 Å². The maximum absolute atomic E-state index is 12.4. The van der Waals surface area contributed by atoms with Crippen LogP contribution in [0.1, 0.15) is 25.9 Å². The Morgan fingerprint density at radius 2 is 1.79 bits per heavy atom. The first-order chi connectivity index (χ1) is 11.6. The van der Waals surface area contributed by atoms with E-state index < -0.39 is 0 Å². The van der Waals surface area contributed by atoms with Crippen molar-refractivity contribution in [1.29, 1.82) is 0 Å². The maximum atomic E-state index is 12.4. The Bertz CT molecular complexity index is 840. The molecule has 4 heteroatoms. The molecule has 0 saturated carbocycles. The van der Waals surface area contributed by atoms with Gasteiger partial charge in [0.2, 0.25) is 0 Å². The molecule has 0 radical (unpaired) electrons. The number of nitrogens with zero attached hydrogens (tertiary/aromatic N) is 1. The summed E-state index contributed by atoms with van der Waals surface area (Å²) in [4.78, 5) is 18.0. The Morgan fingerprint density at radius 3 is 2.50 bits per heavy atom. The Labute approximate surface area is 146 Å². The highest BCUT2D eigenvalue weighted by atomic mass is 32.1. The molecule has 122 valence electrons. The number of benzene rings is 2. The molecule has 0 spiro atoms. The highest BCUT2D eigenvalue weighted by Crippen LogP contribution is 2.20. The van der Waals surface area contributed by atoms with Crippen molar-refractivity contribution >= 4 is 17.2 Å². The predicted molar refractivity (Wildman–Crippen MR) is 99.5 cm³/mol. The van der Waals surface area contributed by atoms with Gasteiger partial charge in [0.05, 0.1) is 10.7 Å². The van der Waals surface area contributed by atoms with Crippen LogP contribution in [0.25, 0.3) is 11.1 Å². The van der Waals surface area contributed by atoms with E-state index in [0.717, 1.165) is 28.2 Å².